The molecule has 0 spiro atoms. The Morgan fingerprint density at radius 3 is 2.61 bits per heavy atom. The SMILES string of the molecule is Clc1nc(Cl)c2[nH]c(Cl)nc2n1.[CH3-].[Pd].c1nc2c([nH]1)CNCN2. The molecule has 4 heterocycles. The Morgan fingerprint density at radius 1 is 1.09 bits per heavy atom. The summed E-state index contributed by atoms with van der Waals surface area (Å²) in [6.45, 7) is 1.71. The number of rotatable bonds is 0. The summed E-state index contributed by atoms with van der Waals surface area (Å²) < 4.78 is 0. The van der Waals surface area contributed by atoms with Crippen LogP contribution in [-0.2, 0) is 27.0 Å². The molecule has 3 aromatic rings. The van der Waals surface area contributed by atoms with E-state index in [1.807, 2.05) is 0 Å². The van der Waals surface area contributed by atoms with E-state index in [-0.39, 0.29) is 43.6 Å². The molecule has 3 aromatic heterocycles. The monoisotopic (exact) mass is 467 g/mol. The van der Waals surface area contributed by atoms with Crippen molar-refractivity contribution in [2.24, 2.45) is 0 Å². The molecule has 1 aliphatic heterocycles. The van der Waals surface area contributed by atoms with Crippen LogP contribution in [0.4, 0.5) is 5.82 Å². The molecular weight excluding hydrogens is 457 g/mol. The second kappa shape index (κ2) is 8.78. The standard InChI is InChI=1S/C5HCl3N4.C5H8N4.CH3.Pd/c6-2-1-3(11-4(7)9-1)12-5(8)10-2;1-4-5(8-2-6-1)9-3-7-4;;/h(H,9,10,11,12);3,6,8H,1-2H2,(H,7,9);1H3;/q;;-1;. The van der Waals surface area contributed by atoms with Crippen LogP contribution in [0.25, 0.3) is 11.2 Å². The number of hydrogen-bond donors (Lipinski definition) is 4. The van der Waals surface area contributed by atoms with E-state index in [1.54, 1.807) is 6.33 Å². The Kier molecular flexibility index (Phi) is 7.67. The third-order valence-electron chi connectivity index (χ3n) is 2.65. The molecule has 4 rings (SSSR count). The van der Waals surface area contributed by atoms with Gasteiger partial charge < -0.3 is 22.7 Å². The quantitative estimate of drug-likeness (QED) is 0.133. The topological polar surface area (TPSA) is 107 Å². The van der Waals surface area contributed by atoms with Crippen molar-refractivity contribution in [3.63, 3.8) is 0 Å². The third-order valence-corrected chi connectivity index (χ3v) is 3.27. The van der Waals surface area contributed by atoms with E-state index in [2.05, 4.69) is 40.5 Å². The summed E-state index contributed by atoms with van der Waals surface area (Å²) in [6, 6.07) is 0. The minimum Gasteiger partial charge on any atom is -0.358 e. The smallest absolute Gasteiger partial charge is 0.225 e. The fourth-order valence-electron chi connectivity index (χ4n) is 1.75. The summed E-state index contributed by atoms with van der Waals surface area (Å²) in [5.41, 5.74) is 2.00. The number of imidazole rings is 2. The van der Waals surface area contributed by atoms with Crippen molar-refractivity contribution in [2.45, 2.75) is 6.54 Å². The molecule has 0 fully saturated rings. The van der Waals surface area contributed by atoms with E-state index in [4.69, 9.17) is 34.8 Å². The van der Waals surface area contributed by atoms with Crippen LogP contribution < -0.4 is 10.6 Å². The minimum absolute atomic E-state index is 0. The normalized spacial score (nSPS) is 12.1. The zero-order valence-corrected chi connectivity index (χ0v) is 15.6. The van der Waals surface area contributed by atoms with E-state index < -0.39 is 0 Å². The second-order valence-corrected chi connectivity index (χ2v) is 5.07. The second-order valence-electron chi connectivity index (χ2n) is 4.02. The van der Waals surface area contributed by atoms with Crippen LogP contribution >= 0.6 is 34.8 Å². The van der Waals surface area contributed by atoms with Crippen LogP contribution in [0, 0.1) is 7.43 Å². The molecule has 0 atom stereocenters. The van der Waals surface area contributed by atoms with E-state index in [0.29, 0.717) is 11.2 Å². The molecule has 0 bridgehead atoms. The first-order chi connectivity index (χ1) is 10.1. The van der Waals surface area contributed by atoms with Crippen molar-refractivity contribution in [1.29, 1.82) is 0 Å². The number of nitrogens with zero attached hydrogens (tertiary/aromatic N) is 4. The average Bonchev–Trinajstić information content (AvgIpc) is 3.05. The van der Waals surface area contributed by atoms with Gasteiger partial charge in [-0.05, 0) is 23.2 Å². The van der Waals surface area contributed by atoms with Gasteiger partial charge in [0.15, 0.2) is 10.8 Å². The van der Waals surface area contributed by atoms with Gasteiger partial charge in [-0.2, -0.15) is 9.97 Å². The van der Waals surface area contributed by atoms with Crippen LogP contribution in [0.2, 0.25) is 15.7 Å². The average molecular weight is 469 g/mol. The number of anilines is 1. The fourth-order valence-corrected chi connectivity index (χ4v) is 2.35. The summed E-state index contributed by atoms with van der Waals surface area (Å²) in [4.78, 5) is 21.1. The van der Waals surface area contributed by atoms with Gasteiger partial charge in [-0.1, -0.05) is 11.6 Å². The Hall–Kier alpha value is -0.948. The van der Waals surface area contributed by atoms with Gasteiger partial charge in [0.1, 0.15) is 11.3 Å². The summed E-state index contributed by atoms with van der Waals surface area (Å²) in [5, 5.41) is 6.71. The molecule has 1 aliphatic rings. The van der Waals surface area contributed by atoms with E-state index in [9.17, 15) is 0 Å². The zero-order valence-electron chi connectivity index (χ0n) is 11.7. The largest absolute Gasteiger partial charge is 0.358 e. The van der Waals surface area contributed by atoms with Crippen molar-refractivity contribution in [2.75, 3.05) is 12.0 Å². The van der Waals surface area contributed by atoms with E-state index >= 15 is 0 Å². The van der Waals surface area contributed by atoms with Gasteiger partial charge in [-0.15, -0.1) is 0 Å². The maximum atomic E-state index is 5.71. The molecule has 8 nitrogen and oxygen atoms in total. The van der Waals surface area contributed by atoms with Gasteiger partial charge in [-0.3, -0.25) is 5.32 Å². The predicted octanol–water partition coefficient (Wildman–Crippen LogP) is 2.64. The van der Waals surface area contributed by atoms with Crippen molar-refractivity contribution in [3.8, 4) is 0 Å². The molecule has 23 heavy (non-hydrogen) atoms. The predicted molar refractivity (Wildman–Crippen MR) is 87.0 cm³/mol. The molecule has 0 saturated heterocycles. The van der Waals surface area contributed by atoms with Crippen LogP contribution in [0.3, 0.4) is 0 Å². The third kappa shape index (κ3) is 4.76. The van der Waals surface area contributed by atoms with Gasteiger partial charge in [0, 0.05) is 27.0 Å². The van der Waals surface area contributed by atoms with Gasteiger partial charge >= 0.3 is 0 Å². The number of fused-ring (bicyclic) bond motifs is 2. The van der Waals surface area contributed by atoms with Gasteiger partial charge in [0.25, 0.3) is 0 Å². The van der Waals surface area contributed by atoms with Crippen molar-refractivity contribution in [3.05, 3.63) is 35.2 Å². The molecule has 0 unspecified atom stereocenters. The number of aromatic amines is 2. The first-order valence-electron chi connectivity index (χ1n) is 5.84. The molecule has 0 saturated carbocycles. The molecule has 0 aliphatic carbocycles. The molecule has 12 heteroatoms. The Labute approximate surface area is 160 Å². The summed E-state index contributed by atoms with van der Waals surface area (Å²) in [6.07, 6.45) is 1.70. The fraction of sp³-hybridized carbons (Fsp3) is 0.182. The molecule has 4 N–H and O–H groups in total. The molecular formula is C11H12Cl3N8Pd-. The number of nitrogens with one attached hydrogen (secondary N) is 4. The number of H-pyrrole nitrogens is 2. The first-order valence-corrected chi connectivity index (χ1v) is 6.98. The van der Waals surface area contributed by atoms with Crippen LogP contribution in [0.15, 0.2) is 6.33 Å². The zero-order chi connectivity index (χ0) is 14.8. The number of aromatic nitrogens is 6. The van der Waals surface area contributed by atoms with Crippen LogP contribution in [-0.4, -0.2) is 36.6 Å². The van der Waals surface area contributed by atoms with Gasteiger partial charge in [-0.25, -0.2) is 9.97 Å². The van der Waals surface area contributed by atoms with Crippen molar-refractivity contribution < 1.29 is 20.4 Å². The Morgan fingerprint density at radius 2 is 1.87 bits per heavy atom. The Bertz CT molecular complexity index is 753. The Balaban J connectivity index is 0.000000218. The van der Waals surface area contributed by atoms with Crippen molar-refractivity contribution >= 4 is 51.8 Å². The molecule has 128 valence electrons. The summed E-state index contributed by atoms with van der Waals surface area (Å²) >= 11 is 16.8. The van der Waals surface area contributed by atoms with Crippen LogP contribution in [0.1, 0.15) is 5.69 Å². The van der Waals surface area contributed by atoms with Gasteiger partial charge in [0.05, 0.1) is 18.7 Å². The van der Waals surface area contributed by atoms with Crippen molar-refractivity contribution in [1.82, 2.24) is 35.2 Å². The molecule has 0 radical (unpaired) electrons. The van der Waals surface area contributed by atoms with E-state index in [0.717, 1.165) is 24.7 Å². The number of halogens is 3. The maximum absolute atomic E-state index is 5.71. The van der Waals surface area contributed by atoms with Crippen LogP contribution in [0.5, 0.6) is 0 Å². The first kappa shape index (κ1) is 20.1. The maximum Gasteiger partial charge on any atom is 0.225 e. The molecule has 0 amide bonds. The summed E-state index contributed by atoms with van der Waals surface area (Å²) in [7, 11) is 0. The van der Waals surface area contributed by atoms with Gasteiger partial charge in [0.2, 0.25) is 10.6 Å². The molecule has 0 aromatic carbocycles. The summed E-state index contributed by atoms with van der Waals surface area (Å²) in [5.74, 6) is 0.980. The number of hydrogen-bond acceptors (Lipinski definition) is 6. The minimum atomic E-state index is 0. The van der Waals surface area contributed by atoms with E-state index in [1.165, 1.54) is 0 Å².